The predicted octanol–water partition coefficient (Wildman–Crippen LogP) is 0.806. The summed E-state index contributed by atoms with van der Waals surface area (Å²) in [7, 11) is 0. The lowest BCUT2D eigenvalue weighted by molar-refractivity contribution is -0.134. The van der Waals surface area contributed by atoms with Crippen molar-refractivity contribution in [2.24, 2.45) is 0 Å². The van der Waals surface area contributed by atoms with Gasteiger partial charge in [-0.2, -0.15) is 0 Å². The molecule has 1 atom stereocenters. The lowest BCUT2D eigenvalue weighted by Gasteiger charge is -2.22. The molecule has 0 aromatic carbocycles. The molecule has 0 radical (unpaired) electrons. The van der Waals surface area contributed by atoms with E-state index in [-0.39, 0.29) is 36.5 Å². The third-order valence-corrected chi connectivity index (χ3v) is 3.40. The molecule has 0 aliphatic carbocycles. The Balaban J connectivity index is 2.08. The maximum absolute atomic E-state index is 11.9. The molecule has 1 aromatic heterocycles. The van der Waals surface area contributed by atoms with Gasteiger partial charge in [-0.1, -0.05) is 11.6 Å². The summed E-state index contributed by atoms with van der Waals surface area (Å²) in [5.74, 6) is -1.15. The molecule has 1 unspecified atom stereocenters. The average molecular weight is 326 g/mol. The minimum absolute atomic E-state index is 0.168. The van der Waals surface area contributed by atoms with E-state index in [0.717, 1.165) is 0 Å². The fourth-order valence-corrected chi connectivity index (χ4v) is 2.28. The number of esters is 1. The number of aromatic nitrogens is 1. The van der Waals surface area contributed by atoms with E-state index in [1.54, 1.807) is 6.92 Å². The number of piperidine rings is 1. The van der Waals surface area contributed by atoms with E-state index >= 15 is 0 Å². The molecule has 8 heteroatoms. The van der Waals surface area contributed by atoms with Crippen molar-refractivity contribution in [3.8, 4) is 0 Å². The second kappa shape index (κ2) is 7.33. The molecule has 2 N–H and O–H groups in total. The lowest BCUT2D eigenvalue weighted by atomic mass is 10.1. The number of rotatable bonds is 5. The summed E-state index contributed by atoms with van der Waals surface area (Å²) >= 11 is 5.85. The number of nitrogens with one attached hydrogen (secondary N) is 2. The van der Waals surface area contributed by atoms with Crippen LogP contribution in [-0.2, 0) is 20.9 Å². The summed E-state index contributed by atoms with van der Waals surface area (Å²) in [5, 5.41) is 5.48. The van der Waals surface area contributed by atoms with Crippen LogP contribution in [0.2, 0.25) is 5.15 Å². The van der Waals surface area contributed by atoms with Gasteiger partial charge in [0.2, 0.25) is 11.8 Å². The van der Waals surface area contributed by atoms with Crippen LogP contribution in [0.1, 0.15) is 35.8 Å². The van der Waals surface area contributed by atoms with Gasteiger partial charge in [-0.05, 0) is 25.5 Å². The zero-order valence-corrected chi connectivity index (χ0v) is 12.8. The number of pyridine rings is 1. The summed E-state index contributed by atoms with van der Waals surface area (Å²) in [6.45, 7) is 2.13. The maximum atomic E-state index is 11.9. The molecule has 0 bridgehead atoms. The second-order valence-electron chi connectivity index (χ2n) is 4.73. The van der Waals surface area contributed by atoms with Crippen molar-refractivity contribution >= 4 is 29.4 Å². The number of hydrogen-bond acceptors (Lipinski definition) is 6. The molecule has 118 valence electrons. The standard InChI is InChI=1S/C14H16ClN3O4/c1-2-22-14(21)8-3-5-11(15)17-10(8)7-16-9-4-6-12(19)18-13(9)20/h3,5,9,16H,2,4,6-7H2,1H3,(H,18,19,20). The molecule has 1 aliphatic heterocycles. The van der Waals surface area contributed by atoms with Crippen molar-refractivity contribution in [3.05, 3.63) is 28.5 Å². The predicted molar refractivity (Wildman–Crippen MR) is 78.2 cm³/mol. The summed E-state index contributed by atoms with van der Waals surface area (Å²) < 4.78 is 4.96. The van der Waals surface area contributed by atoms with Gasteiger partial charge in [0.25, 0.3) is 0 Å². The molecule has 1 aliphatic rings. The topological polar surface area (TPSA) is 97.4 Å². The van der Waals surface area contributed by atoms with Gasteiger partial charge < -0.3 is 10.1 Å². The Hall–Kier alpha value is -1.99. The zero-order valence-electron chi connectivity index (χ0n) is 12.0. The molecule has 2 heterocycles. The highest BCUT2D eigenvalue weighted by molar-refractivity contribution is 6.29. The number of imide groups is 1. The van der Waals surface area contributed by atoms with Crippen molar-refractivity contribution in [1.82, 2.24) is 15.6 Å². The van der Waals surface area contributed by atoms with Gasteiger partial charge in [-0.25, -0.2) is 9.78 Å². The Bertz CT molecular complexity index is 606. The monoisotopic (exact) mass is 325 g/mol. The van der Waals surface area contributed by atoms with Crippen molar-refractivity contribution in [2.45, 2.75) is 32.4 Å². The summed E-state index contributed by atoms with van der Waals surface area (Å²) in [6.07, 6.45) is 0.678. The van der Waals surface area contributed by atoms with Gasteiger partial charge in [0.15, 0.2) is 0 Å². The number of halogens is 1. The van der Waals surface area contributed by atoms with Gasteiger partial charge in [-0.15, -0.1) is 0 Å². The van der Waals surface area contributed by atoms with Gasteiger partial charge in [0.05, 0.1) is 23.9 Å². The number of amides is 2. The number of ether oxygens (including phenoxy) is 1. The number of carbonyl (C=O) groups excluding carboxylic acids is 3. The second-order valence-corrected chi connectivity index (χ2v) is 5.12. The minimum atomic E-state index is -0.506. The first-order valence-electron chi connectivity index (χ1n) is 6.91. The first kappa shape index (κ1) is 16.4. The lowest BCUT2D eigenvalue weighted by Crippen LogP contribution is -2.50. The average Bonchev–Trinajstić information content (AvgIpc) is 2.46. The summed E-state index contributed by atoms with van der Waals surface area (Å²) in [5.41, 5.74) is 0.696. The molecule has 2 amide bonds. The number of nitrogens with zero attached hydrogens (tertiary/aromatic N) is 1. The Kier molecular flexibility index (Phi) is 5.46. The van der Waals surface area contributed by atoms with Crippen LogP contribution >= 0.6 is 11.6 Å². The van der Waals surface area contributed by atoms with Gasteiger partial charge in [0.1, 0.15) is 5.15 Å². The van der Waals surface area contributed by atoms with Crippen LogP contribution in [-0.4, -0.2) is 35.4 Å². The van der Waals surface area contributed by atoms with Crippen LogP contribution in [0.25, 0.3) is 0 Å². The number of carbonyl (C=O) groups is 3. The highest BCUT2D eigenvalue weighted by atomic mass is 35.5. The van der Waals surface area contributed by atoms with Crippen LogP contribution in [0.5, 0.6) is 0 Å². The SMILES string of the molecule is CCOC(=O)c1ccc(Cl)nc1CNC1CCC(=O)NC1=O. The van der Waals surface area contributed by atoms with Crippen molar-refractivity contribution in [3.63, 3.8) is 0 Å². The third-order valence-electron chi connectivity index (χ3n) is 3.19. The van der Waals surface area contributed by atoms with E-state index in [0.29, 0.717) is 17.7 Å². The molecule has 1 saturated heterocycles. The Labute approximate surface area is 132 Å². The van der Waals surface area contributed by atoms with Crippen LogP contribution in [0.4, 0.5) is 0 Å². The molecule has 22 heavy (non-hydrogen) atoms. The Morgan fingerprint density at radius 1 is 1.50 bits per heavy atom. The van der Waals surface area contributed by atoms with E-state index in [1.165, 1.54) is 12.1 Å². The van der Waals surface area contributed by atoms with Crippen LogP contribution in [0.15, 0.2) is 12.1 Å². The highest BCUT2D eigenvalue weighted by Crippen LogP contribution is 2.14. The van der Waals surface area contributed by atoms with Crippen LogP contribution in [0.3, 0.4) is 0 Å². The molecule has 0 saturated carbocycles. The first-order valence-corrected chi connectivity index (χ1v) is 7.28. The smallest absolute Gasteiger partial charge is 0.340 e. The fourth-order valence-electron chi connectivity index (χ4n) is 2.11. The van der Waals surface area contributed by atoms with Crippen molar-refractivity contribution in [1.29, 1.82) is 0 Å². The molecule has 7 nitrogen and oxygen atoms in total. The Morgan fingerprint density at radius 3 is 2.95 bits per heavy atom. The van der Waals surface area contributed by atoms with Crippen molar-refractivity contribution in [2.75, 3.05) is 6.61 Å². The molecule has 0 spiro atoms. The van der Waals surface area contributed by atoms with Gasteiger partial charge >= 0.3 is 5.97 Å². The molecule has 1 fully saturated rings. The van der Waals surface area contributed by atoms with E-state index in [2.05, 4.69) is 15.6 Å². The minimum Gasteiger partial charge on any atom is -0.462 e. The van der Waals surface area contributed by atoms with Crippen LogP contribution in [0, 0.1) is 0 Å². The van der Waals surface area contributed by atoms with Gasteiger partial charge in [-0.3, -0.25) is 14.9 Å². The number of hydrogen-bond donors (Lipinski definition) is 2. The first-order chi connectivity index (χ1) is 10.5. The van der Waals surface area contributed by atoms with E-state index in [4.69, 9.17) is 16.3 Å². The zero-order chi connectivity index (χ0) is 16.1. The molecular weight excluding hydrogens is 310 g/mol. The summed E-state index contributed by atoms with van der Waals surface area (Å²) in [4.78, 5) is 38.8. The molecule has 2 rings (SSSR count). The largest absolute Gasteiger partial charge is 0.462 e. The van der Waals surface area contributed by atoms with Gasteiger partial charge in [0, 0.05) is 13.0 Å². The normalized spacial score (nSPS) is 18.0. The summed E-state index contributed by atoms with van der Waals surface area (Å²) in [6, 6.07) is 2.53. The van der Waals surface area contributed by atoms with E-state index < -0.39 is 12.0 Å². The highest BCUT2D eigenvalue weighted by Gasteiger charge is 2.26. The molecule has 1 aromatic rings. The quantitative estimate of drug-likeness (QED) is 0.472. The van der Waals surface area contributed by atoms with E-state index in [1.807, 2.05) is 0 Å². The molecular formula is C14H16ClN3O4. The van der Waals surface area contributed by atoms with E-state index in [9.17, 15) is 14.4 Å². The Morgan fingerprint density at radius 2 is 2.27 bits per heavy atom. The van der Waals surface area contributed by atoms with Crippen molar-refractivity contribution < 1.29 is 19.1 Å². The van der Waals surface area contributed by atoms with Crippen LogP contribution < -0.4 is 10.6 Å². The third kappa shape index (κ3) is 4.02. The fraction of sp³-hybridized carbons (Fsp3) is 0.429. The maximum Gasteiger partial charge on any atom is 0.340 e.